The number of carboxylic acids is 1. The molecule has 39 heavy (non-hydrogen) atoms. The average molecular weight is 661 g/mol. The van der Waals surface area contributed by atoms with Gasteiger partial charge in [-0.2, -0.15) is 0 Å². The SMILES string of the molecule is O=C(O)CN(Cc1cccc(OCCc2nc(-c3ccccc3)oc2CI)c1)C(=O)OCc1cccc(Cl)c1. The molecule has 0 radical (unpaired) electrons. The summed E-state index contributed by atoms with van der Waals surface area (Å²) in [5.74, 6) is 0.848. The molecule has 1 amide bonds. The summed E-state index contributed by atoms with van der Waals surface area (Å²) in [6.45, 7) is -0.116. The number of amides is 1. The van der Waals surface area contributed by atoms with Crippen LogP contribution in [0.25, 0.3) is 11.5 Å². The van der Waals surface area contributed by atoms with Crippen LogP contribution in [0.15, 0.2) is 83.3 Å². The molecule has 0 fully saturated rings. The molecule has 4 rings (SSSR count). The Balaban J connectivity index is 1.36. The maximum Gasteiger partial charge on any atom is 0.410 e. The van der Waals surface area contributed by atoms with Gasteiger partial charge in [0.25, 0.3) is 0 Å². The lowest BCUT2D eigenvalue weighted by Gasteiger charge is -2.21. The lowest BCUT2D eigenvalue weighted by molar-refractivity contribution is -0.138. The van der Waals surface area contributed by atoms with E-state index in [1.54, 1.807) is 48.5 Å². The number of hydrogen-bond acceptors (Lipinski definition) is 6. The van der Waals surface area contributed by atoms with E-state index in [-0.39, 0.29) is 13.2 Å². The van der Waals surface area contributed by atoms with Crippen molar-refractivity contribution in [2.75, 3.05) is 13.2 Å². The normalized spacial score (nSPS) is 10.7. The van der Waals surface area contributed by atoms with Crippen LogP contribution in [-0.2, 0) is 33.5 Å². The highest BCUT2D eigenvalue weighted by Crippen LogP contribution is 2.24. The fourth-order valence-corrected chi connectivity index (χ4v) is 4.63. The molecule has 1 heterocycles. The van der Waals surface area contributed by atoms with E-state index in [0.29, 0.717) is 45.2 Å². The third kappa shape index (κ3) is 8.46. The van der Waals surface area contributed by atoms with Crippen LogP contribution in [0.4, 0.5) is 4.79 Å². The predicted molar refractivity (Wildman–Crippen MR) is 155 cm³/mol. The minimum atomic E-state index is -1.14. The van der Waals surface area contributed by atoms with E-state index in [4.69, 9.17) is 25.5 Å². The standard InChI is InChI=1S/C29H26ClIN2O6/c30-23-10-4-7-21(14-23)19-38-29(36)33(18-27(34)35)17-20-6-5-11-24(15-20)37-13-12-25-26(16-31)39-28(32-25)22-8-2-1-3-9-22/h1-11,14-15H,12-13,16-19H2,(H,34,35). The summed E-state index contributed by atoms with van der Waals surface area (Å²) >= 11 is 8.23. The number of hydrogen-bond donors (Lipinski definition) is 1. The molecule has 1 aromatic heterocycles. The lowest BCUT2D eigenvalue weighted by Crippen LogP contribution is -2.35. The summed E-state index contributed by atoms with van der Waals surface area (Å²) in [6.07, 6.45) is -0.185. The second-order valence-corrected chi connectivity index (χ2v) is 9.77. The van der Waals surface area contributed by atoms with Crippen LogP contribution >= 0.6 is 34.2 Å². The van der Waals surface area contributed by atoms with Gasteiger partial charge >= 0.3 is 12.1 Å². The first-order chi connectivity index (χ1) is 18.9. The Hall–Kier alpha value is -3.57. The number of alkyl halides is 1. The Labute approximate surface area is 244 Å². The van der Waals surface area contributed by atoms with E-state index < -0.39 is 18.6 Å². The van der Waals surface area contributed by atoms with Gasteiger partial charge in [-0.3, -0.25) is 9.69 Å². The third-order valence-corrected chi connectivity index (χ3v) is 6.56. The number of benzene rings is 3. The van der Waals surface area contributed by atoms with Gasteiger partial charge in [-0.05, 0) is 47.5 Å². The van der Waals surface area contributed by atoms with Gasteiger partial charge in [0.2, 0.25) is 5.89 Å². The number of halogens is 2. The number of oxazole rings is 1. The molecular formula is C29H26ClIN2O6. The number of ether oxygens (including phenoxy) is 2. The van der Waals surface area contributed by atoms with Crippen LogP contribution in [0, 0.1) is 0 Å². The molecule has 202 valence electrons. The van der Waals surface area contributed by atoms with Gasteiger partial charge in [-0.1, -0.05) is 76.7 Å². The maximum absolute atomic E-state index is 12.7. The van der Waals surface area contributed by atoms with Crippen molar-refractivity contribution in [2.45, 2.75) is 24.0 Å². The second-order valence-electron chi connectivity index (χ2n) is 8.57. The van der Waals surface area contributed by atoms with Crippen LogP contribution in [0.1, 0.15) is 22.6 Å². The Morgan fingerprint density at radius 2 is 1.77 bits per heavy atom. The van der Waals surface area contributed by atoms with Crippen molar-refractivity contribution in [2.24, 2.45) is 0 Å². The molecular weight excluding hydrogens is 635 g/mol. The minimum absolute atomic E-state index is 0.0219. The number of carboxylic acid groups (broad SMARTS) is 1. The van der Waals surface area contributed by atoms with Crippen LogP contribution in [0.2, 0.25) is 5.02 Å². The van der Waals surface area contributed by atoms with E-state index in [1.807, 2.05) is 30.3 Å². The first-order valence-electron chi connectivity index (χ1n) is 12.1. The number of rotatable bonds is 12. The predicted octanol–water partition coefficient (Wildman–Crippen LogP) is 6.77. The van der Waals surface area contributed by atoms with Gasteiger partial charge < -0.3 is 19.0 Å². The zero-order chi connectivity index (χ0) is 27.6. The molecule has 0 bridgehead atoms. The third-order valence-electron chi connectivity index (χ3n) is 5.64. The monoisotopic (exact) mass is 660 g/mol. The van der Waals surface area contributed by atoms with E-state index in [1.165, 1.54) is 0 Å². The van der Waals surface area contributed by atoms with Crippen molar-refractivity contribution in [1.29, 1.82) is 0 Å². The fraction of sp³-hybridized carbons (Fsp3) is 0.207. The highest BCUT2D eigenvalue weighted by molar-refractivity contribution is 14.1. The average Bonchev–Trinajstić information content (AvgIpc) is 3.35. The first-order valence-corrected chi connectivity index (χ1v) is 14.0. The van der Waals surface area contributed by atoms with E-state index in [9.17, 15) is 14.7 Å². The summed E-state index contributed by atoms with van der Waals surface area (Å²) in [5.41, 5.74) is 3.17. The zero-order valence-electron chi connectivity index (χ0n) is 20.9. The molecule has 0 saturated carbocycles. The first kappa shape index (κ1) is 28.4. The molecule has 0 unspecified atom stereocenters. The van der Waals surface area contributed by atoms with Gasteiger partial charge in [0.05, 0.1) is 16.7 Å². The molecule has 4 aromatic rings. The van der Waals surface area contributed by atoms with E-state index in [2.05, 4.69) is 27.6 Å². The highest BCUT2D eigenvalue weighted by Gasteiger charge is 2.19. The van der Waals surface area contributed by atoms with Gasteiger partial charge in [0.1, 0.15) is 24.7 Å². The molecule has 0 aliphatic rings. The molecule has 1 N–H and O–H groups in total. The summed E-state index contributed by atoms with van der Waals surface area (Å²) in [7, 11) is 0. The largest absolute Gasteiger partial charge is 0.493 e. The van der Waals surface area contributed by atoms with Crippen molar-refractivity contribution < 1.29 is 28.6 Å². The molecule has 0 aliphatic carbocycles. The van der Waals surface area contributed by atoms with Crippen molar-refractivity contribution in [3.05, 3.63) is 106 Å². The molecule has 0 saturated heterocycles. The number of nitrogens with zero attached hydrogens (tertiary/aromatic N) is 2. The van der Waals surface area contributed by atoms with Gasteiger partial charge in [-0.15, -0.1) is 0 Å². The Bertz CT molecular complexity index is 1410. The van der Waals surface area contributed by atoms with Gasteiger partial charge in [0, 0.05) is 23.6 Å². The smallest absolute Gasteiger partial charge is 0.410 e. The van der Waals surface area contributed by atoms with E-state index >= 15 is 0 Å². The summed E-state index contributed by atoms with van der Waals surface area (Å²) in [4.78, 5) is 29.9. The van der Waals surface area contributed by atoms with Crippen LogP contribution in [0.3, 0.4) is 0 Å². The highest BCUT2D eigenvalue weighted by atomic mass is 127. The summed E-state index contributed by atoms with van der Waals surface area (Å²) < 4.78 is 17.9. The van der Waals surface area contributed by atoms with Crippen LogP contribution in [0.5, 0.6) is 5.75 Å². The number of aliphatic carboxylic acids is 1. The Morgan fingerprint density at radius 1 is 1.00 bits per heavy atom. The molecule has 8 nitrogen and oxygen atoms in total. The number of carbonyl (C=O) groups excluding carboxylic acids is 1. The molecule has 0 atom stereocenters. The Morgan fingerprint density at radius 3 is 2.51 bits per heavy atom. The second kappa shape index (κ2) is 14.0. The fourth-order valence-electron chi connectivity index (χ4n) is 3.82. The lowest BCUT2D eigenvalue weighted by atomic mass is 10.2. The van der Waals surface area contributed by atoms with Crippen molar-refractivity contribution >= 4 is 46.3 Å². The Kier molecular flexibility index (Phi) is 10.2. The number of carbonyl (C=O) groups is 2. The van der Waals surface area contributed by atoms with Crippen molar-refractivity contribution in [3.63, 3.8) is 0 Å². The molecule has 0 spiro atoms. The number of aromatic nitrogens is 1. The van der Waals surface area contributed by atoms with Gasteiger partial charge in [-0.25, -0.2) is 9.78 Å². The van der Waals surface area contributed by atoms with Gasteiger partial charge in [0.15, 0.2) is 0 Å². The summed E-state index contributed by atoms with van der Waals surface area (Å²) in [5, 5.41) is 9.84. The van der Waals surface area contributed by atoms with Crippen molar-refractivity contribution in [1.82, 2.24) is 9.88 Å². The zero-order valence-corrected chi connectivity index (χ0v) is 23.8. The molecule has 0 aliphatic heterocycles. The quantitative estimate of drug-likeness (QED) is 0.132. The minimum Gasteiger partial charge on any atom is -0.493 e. The maximum atomic E-state index is 12.7. The van der Waals surface area contributed by atoms with E-state index in [0.717, 1.165) is 21.9 Å². The van der Waals surface area contributed by atoms with Crippen LogP contribution in [-0.4, -0.2) is 40.2 Å². The molecule has 3 aromatic carbocycles. The van der Waals surface area contributed by atoms with Crippen molar-refractivity contribution in [3.8, 4) is 17.2 Å². The summed E-state index contributed by atoms with van der Waals surface area (Å²) in [6, 6.07) is 23.8. The topological polar surface area (TPSA) is 102 Å². The molecule has 10 heteroatoms. The van der Waals surface area contributed by atoms with Crippen LogP contribution < -0.4 is 4.74 Å².